The Bertz CT molecular complexity index is 477. The third kappa shape index (κ3) is 1.86. The second kappa shape index (κ2) is 3.92. The second-order valence-electron chi connectivity index (χ2n) is 3.20. The number of nitrogen functional groups attached to an aromatic ring is 1. The first-order valence-corrected chi connectivity index (χ1v) is 4.63. The highest BCUT2D eigenvalue weighted by molar-refractivity contribution is 6.01. The van der Waals surface area contributed by atoms with E-state index in [4.69, 9.17) is 11.1 Å². The minimum atomic E-state index is 0.0782. The van der Waals surface area contributed by atoms with Crippen LogP contribution in [0.1, 0.15) is 5.56 Å². The molecule has 0 atom stereocenters. The lowest BCUT2D eigenvalue weighted by atomic mass is 10.0. The van der Waals surface area contributed by atoms with Crippen LogP contribution in [0.25, 0.3) is 11.1 Å². The highest BCUT2D eigenvalue weighted by Crippen LogP contribution is 2.21. The Labute approximate surface area is 88.1 Å². The van der Waals surface area contributed by atoms with Crippen molar-refractivity contribution in [2.24, 2.45) is 5.73 Å². The van der Waals surface area contributed by atoms with E-state index >= 15 is 0 Å². The van der Waals surface area contributed by atoms with E-state index in [-0.39, 0.29) is 5.84 Å². The van der Waals surface area contributed by atoms with Crippen molar-refractivity contribution in [1.29, 1.82) is 5.41 Å². The summed E-state index contributed by atoms with van der Waals surface area (Å²) in [6.45, 7) is 0. The van der Waals surface area contributed by atoms with Crippen molar-refractivity contribution in [3.05, 3.63) is 54.4 Å². The van der Waals surface area contributed by atoms with E-state index in [0.29, 0.717) is 0 Å². The largest absolute Gasteiger partial charge is 0.384 e. The molecule has 3 nitrogen and oxygen atoms in total. The van der Waals surface area contributed by atoms with Crippen LogP contribution < -0.4 is 5.73 Å². The van der Waals surface area contributed by atoms with Gasteiger partial charge in [-0.05, 0) is 11.6 Å². The molecule has 3 heteroatoms. The molecule has 15 heavy (non-hydrogen) atoms. The van der Waals surface area contributed by atoms with E-state index in [1.165, 1.54) is 0 Å². The molecule has 0 bridgehead atoms. The lowest BCUT2D eigenvalue weighted by Crippen LogP contribution is -2.12. The van der Waals surface area contributed by atoms with E-state index in [9.17, 15) is 0 Å². The Balaban J connectivity index is 2.58. The first-order valence-electron chi connectivity index (χ1n) is 4.63. The van der Waals surface area contributed by atoms with Gasteiger partial charge in [0.1, 0.15) is 5.84 Å². The fourth-order valence-corrected chi connectivity index (χ4v) is 1.49. The highest BCUT2D eigenvalue weighted by Gasteiger charge is 2.05. The van der Waals surface area contributed by atoms with Crippen LogP contribution in [0.5, 0.6) is 0 Å². The van der Waals surface area contributed by atoms with Gasteiger partial charge >= 0.3 is 0 Å². The van der Waals surface area contributed by atoms with Crippen molar-refractivity contribution in [2.75, 3.05) is 0 Å². The van der Waals surface area contributed by atoms with Gasteiger partial charge in [0.15, 0.2) is 0 Å². The summed E-state index contributed by atoms with van der Waals surface area (Å²) in [5.41, 5.74) is 8.17. The Morgan fingerprint density at radius 3 is 2.60 bits per heavy atom. The minimum Gasteiger partial charge on any atom is -0.384 e. The van der Waals surface area contributed by atoms with E-state index < -0.39 is 0 Å². The zero-order valence-corrected chi connectivity index (χ0v) is 8.14. The molecule has 0 unspecified atom stereocenters. The van der Waals surface area contributed by atoms with Crippen LogP contribution in [-0.2, 0) is 0 Å². The van der Waals surface area contributed by atoms with Crippen molar-refractivity contribution in [3.63, 3.8) is 0 Å². The maximum Gasteiger partial charge on any atom is 0.123 e. The van der Waals surface area contributed by atoms with Crippen molar-refractivity contribution in [1.82, 2.24) is 4.98 Å². The molecule has 0 spiro atoms. The molecule has 0 saturated carbocycles. The summed E-state index contributed by atoms with van der Waals surface area (Å²) in [5, 5.41) is 7.48. The van der Waals surface area contributed by atoms with Crippen LogP contribution in [0.3, 0.4) is 0 Å². The molecule has 0 saturated heterocycles. The summed E-state index contributed by atoms with van der Waals surface area (Å²) in [6.07, 6.45) is 3.49. The summed E-state index contributed by atoms with van der Waals surface area (Å²) < 4.78 is 0. The van der Waals surface area contributed by atoms with Crippen LogP contribution >= 0.6 is 0 Å². The van der Waals surface area contributed by atoms with Crippen molar-refractivity contribution in [2.45, 2.75) is 0 Å². The molecule has 0 aliphatic heterocycles. The van der Waals surface area contributed by atoms with Gasteiger partial charge in [-0.15, -0.1) is 0 Å². The van der Waals surface area contributed by atoms with Gasteiger partial charge in [0.25, 0.3) is 0 Å². The number of amidine groups is 1. The van der Waals surface area contributed by atoms with Gasteiger partial charge in [-0.3, -0.25) is 10.4 Å². The standard InChI is InChI=1S/C12H11N3/c13-12(14)11-6-2-1-5-10(11)9-4-3-7-15-8-9/h1-8H,(H3,13,14). The Kier molecular flexibility index (Phi) is 2.46. The maximum absolute atomic E-state index is 7.48. The molecule has 74 valence electrons. The quantitative estimate of drug-likeness (QED) is 0.571. The molecule has 0 radical (unpaired) electrons. The van der Waals surface area contributed by atoms with Gasteiger partial charge in [0.05, 0.1) is 0 Å². The van der Waals surface area contributed by atoms with Crippen LogP contribution in [0.15, 0.2) is 48.8 Å². The lowest BCUT2D eigenvalue weighted by Gasteiger charge is -2.06. The predicted octanol–water partition coefficient (Wildman–Crippen LogP) is 2.03. The maximum atomic E-state index is 7.48. The van der Waals surface area contributed by atoms with E-state index in [1.807, 2.05) is 36.4 Å². The third-order valence-electron chi connectivity index (χ3n) is 2.19. The van der Waals surface area contributed by atoms with E-state index in [2.05, 4.69) is 4.98 Å². The molecule has 2 aromatic rings. The molecule has 0 aliphatic rings. The number of nitrogens with zero attached hydrogens (tertiary/aromatic N) is 1. The molecule has 3 N–H and O–H groups in total. The van der Waals surface area contributed by atoms with Crippen LogP contribution in [0.2, 0.25) is 0 Å². The summed E-state index contributed by atoms with van der Waals surface area (Å²) in [5.74, 6) is 0.0782. The van der Waals surface area contributed by atoms with Crippen LogP contribution in [0, 0.1) is 5.41 Å². The summed E-state index contributed by atoms with van der Waals surface area (Å²) in [4.78, 5) is 4.05. The van der Waals surface area contributed by atoms with E-state index in [0.717, 1.165) is 16.7 Å². The number of hydrogen-bond donors (Lipinski definition) is 2. The smallest absolute Gasteiger partial charge is 0.123 e. The van der Waals surface area contributed by atoms with E-state index in [1.54, 1.807) is 12.4 Å². The predicted molar refractivity (Wildman–Crippen MR) is 60.7 cm³/mol. The normalized spacial score (nSPS) is 9.87. The fourth-order valence-electron chi connectivity index (χ4n) is 1.49. The van der Waals surface area contributed by atoms with Gasteiger partial charge in [-0.1, -0.05) is 30.3 Å². The van der Waals surface area contributed by atoms with Gasteiger partial charge in [-0.2, -0.15) is 0 Å². The van der Waals surface area contributed by atoms with Crippen molar-refractivity contribution in [3.8, 4) is 11.1 Å². The number of hydrogen-bond acceptors (Lipinski definition) is 2. The Morgan fingerprint density at radius 1 is 1.13 bits per heavy atom. The molecule has 0 fully saturated rings. The zero-order chi connectivity index (χ0) is 10.7. The topological polar surface area (TPSA) is 62.8 Å². The Morgan fingerprint density at radius 2 is 1.93 bits per heavy atom. The zero-order valence-electron chi connectivity index (χ0n) is 8.14. The van der Waals surface area contributed by atoms with Crippen molar-refractivity contribution < 1.29 is 0 Å². The number of pyridine rings is 1. The average Bonchev–Trinajstić information content (AvgIpc) is 2.30. The second-order valence-corrected chi connectivity index (χ2v) is 3.20. The SMILES string of the molecule is N=C(N)c1ccccc1-c1cccnc1. The number of rotatable bonds is 2. The highest BCUT2D eigenvalue weighted by atomic mass is 14.7. The first kappa shape index (κ1) is 9.40. The lowest BCUT2D eigenvalue weighted by molar-refractivity contribution is 1.32. The van der Waals surface area contributed by atoms with Gasteiger partial charge in [-0.25, -0.2) is 0 Å². The molecule has 1 heterocycles. The molecule has 0 aliphatic carbocycles. The van der Waals surface area contributed by atoms with Gasteiger partial charge in [0.2, 0.25) is 0 Å². The minimum absolute atomic E-state index is 0.0782. The van der Waals surface area contributed by atoms with Gasteiger partial charge in [0, 0.05) is 23.5 Å². The molecular formula is C12H11N3. The molecule has 1 aromatic carbocycles. The van der Waals surface area contributed by atoms with Crippen LogP contribution in [-0.4, -0.2) is 10.8 Å². The summed E-state index contributed by atoms with van der Waals surface area (Å²) in [6, 6.07) is 11.4. The molecule has 0 amide bonds. The Hall–Kier alpha value is -2.16. The van der Waals surface area contributed by atoms with Crippen LogP contribution in [0.4, 0.5) is 0 Å². The monoisotopic (exact) mass is 197 g/mol. The molecular weight excluding hydrogens is 186 g/mol. The molecule has 1 aromatic heterocycles. The number of nitrogens with one attached hydrogen (secondary N) is 1. The fraction of sp³-hybridized carbons (Fsp3) is 0. The third-order valence-corrected chi connectivity index (χ3v) is 2.19. The van der Waals surface area contributed by atoms with Crippen molar-refractivity contribution >= 4 is 5.84 Å². The average molecular weight is 197 g/mol. The number of nitrogens with two attached hydrogens (primary N) is 1. The van der Waals surface area contributed by atoms with Gasteiger partial charge < -0.3 is 5.73 Å². The first-order chi connectivity index (χ1) is 7.29. The summed E-state index contributed by atoms with van der Waals surface area (Å²) in [7, 11) is 0. The molecule has 2 rings (SSSR count). The number of benzene rings is 1. The number of aromatic nitrogens is 1. The summed E-state index contributed by atoms with van der Waals surface area (Å²) >= 11 is 0.